The second-order valence-corrected chi connectivity index (χ2v) is 8.58. The molecule has 106 valence electrons. The van der Waals surface area contributed by atoms with E-state index in [9.17, 15) is 18.0 Å². The number of rotatable bonds is 1. The van der Waals surface area contributed by atoms with E-state index in [4.69, 9.17) is 11.6 Å². The van der Waals surface area contributed by atoms with Crippen molar-refractivity contribution in [3.05, 3.63) is 11.3 Å². The number of hydrogen-bond donors (Lipinski definition) is 0. The molecule has 0 N–H and O–H groups in total. The molecule has 1 fully saturated rings. The van der Waals surface area contributed by atoms with Crippen LogP contribution in [0.25, 0.3) is 0 Å². The monoisotopic (exact) mass is 305 g/mol. The topological polar surface area (TPSA) is 71.5 Å². The molecule has 0 bridgehead atoms. The molecule has 7 heteroatoms. The number of amides is 1. The van der Waals surface area contributed by atoms with Crippen molar-refractivity contribution in [2.75, 3.05) is 5.75 Å². The second-order valence-electron chi connectivity index (χ2n) is 6.02. The molecule has 2 aliphatic heterocycles. The van der Waals surface area contributed by atoms with Crippen LogP contribution >= 0.6 is 11.6 Å². The van der Waals surface area contributed by atoms with Crippen LogP contribution in [-0.4, -0.2) is 41.5 Å². The van der Waals surface area contributed by atoms with E-state index in [1.807, 2.05) is 0 Å². The van der Waals surface area contributed by atoms with E-state index < -0.39 is 31.9 Å². The van der Waals surface area contributed by atoms with Gasteiger partial charge < -0.3 is 0 Å². The molecule has 1 saturated heterocycles. The van der Waals surface area contributed by atoms with Gasteiger partial charge in [0.1, 0.15) is 5.38 Å². The summed E-state index contributed by atoms with van der Waals surface area (Å²) < 4.78 is 24.0. The molecule has 0 saturated carbocycles. The van der Waals surface area contributed by atoms with Crippen molar-refractivity contribution in [2.45, 2.75) is 38.4 Å². The first-order chi connectivity index (χ1) is 8.48. The fourth-order valence-electron chi connectivity index (χ4n) is 2.33. The number of Topliss-reactive ketones (excluding diaryl/α,β-unsaturated/α-hetero) is 1. The quantitative estimate of drug-likeness (QED) is 0.537. The molecule has 1 amide bonds. The van der Waals surface area contributed by atoms with Crippen LogP contribution in [0.15, 0.2) is 11.3 Å². The van der Waals surface area contributed by atoms with Gasteiger partial charge in [0, 0.05) is 5.41 Å². The molecule has 5 nitrogen and oxygen atoms in total. The summed E-state index contributed by atoms with van der Waals surface area (Å²) >= 11 is 5.79. The summed E-state index contributed by atoms with van der Waals surface area (Å²) in [6.07, 6.45) is 0. The number of hydrogen-bond acceptors (Lipinski definition) is 4. The van der Waals surface area contributed by atoms with Crippen molar-refractivity contribution >= 4 is 33.1 Å². The van der Waals surface area contributed by atoms with Crippen molar-refractivity contribution < 1.29 is 18.0 Å². The average Bonchev–Trinajstić information content (AvgIpc) is 2.24. The van der Waals surface area contributed by atoms with E-state index in [1.165, 1.54) is 0 Å². The van der Waals surface area contributed by atoms with Gasteiger partial charge in [-0.25, -0.2) is 8.42 Å². The number of carbonyl (C=O) groups excluding carboxylic acids is 2. The molecule has 19 heavy (non-hydrogen) atoms. The minimum Gasteiger partial charge on any atom is -0.292 e. The van der Waals surface area contributed by atoms with Gasteiger partial charge in [-0.05, 0) is 12.5 Å². The fraction of sp³-hybridized carbons (Fsp3) is 0.667. The Hall–Kier alpha value is -0.880. The van der Waals surface area contributed by atoms with Crippen LogP contribution in [0.4, 0.5) is 0 Å². The third-order valence-electron chi connectivity index (χ3n) is 3.31. The molecule has 0 aromatic heterocycles. The highest BCUT2D eigenvalue weighted by molar-refractivity contribution is 7.92. The predicted molar refractivity (Wildman–Crippen MR) is 71.2 cm³/mol. The fourth-order valence-corrected chi connectivity index (χ4v) is 4.94. The zero-order chi connectivity index (χ0) is 14.7. The van der Waals surface area contributed by atoms with E-state index >= 15 is 0 Å². The third kappa shape index (κ3) is 2.01. The Morgan fingerprint density at radius 2 is 1.89 bits per heavy atom. The Bertz CT molecular complexity index is 600. The first-order valence-corrected chi connectivity index (χ1v) is 8.07. The number of β-lactam (4-membered cyclic amide) rings is 1. The Labute approximate surface area is 117 Å². The maximum absolute atomic E-state index is 12.4. The summed E-state index contributed by atoms with van der Waals surface area (Å²) in [6, 6.07) is 0. The molecular formula is C12H16ClNO4S. The Kier molecular flexibility index (Phi) is 3.10. The molecule has 0 aromatic carbocycles. The van der Waals surface area contributed by atoms with Crippen LogP contribution < -0.4 is 0 Å². The molecule has 0 spiro atoms. The van der Waals surface area contributed by atoms with Crippen LogP contribution in [0.1, 0.15) is 27.7 Å². The van der Waals surface area contributed by atoms with Gasteiger partial charge in [0.15, 0.2) is 21.0 Å². The van der Waals surface area contributed by atoms with Gasteiger partial charge in [-0.2, -0.15) is 0 Å². The highest BCUT2D eigenvalue weighted by atomic mass is 35.5. The first-order valence-electron chi connectivity index (χ1n) is 5.92. The minimum atomic E-state index is -3.50. The molecule has 0 aliphatic carbocycles. The standard InChI is InChI=1S/C12H16ClNO4S/c1-6-5-19(17,18)11-7(13)10(16)14(11)8(6)9(15)12(2,3)4/h7,11H,5H2,1-4H3/t7-,11+/m0/s1. The number of halogens is 1. The van der Waals surface area contributed by atoms with Crippen molar-refractivity contribution in [1.29, 1.82) is 0 Å². The molecule has 2 aliphatic rings. The average molecular weight is 306 g/mol. The van der Waals surface area contributed by atoms with Crippen molar-refractivity contribution in [3.63, 3.8) is 0 Å². The van der Waals surface area contributed by atoms with Crippen LogP contribution in [0.3, 0.4) is 0 Å². The van der Waals surface area contributed by atoms with E-state index in [2.05, 4.69) is 0 Å². The molecule has 2 rings (SSSR count). The van der Waals surface area contributed by atoms with Gasteiger partial charge in [-0.1, -0.05) is 20.8 Å². The van der Waals surface area contributed by atoms with Gasteiger partial charge in [0.05, 0.1) is 11.4 Å². The van der Waals surface area contributed by atoms with Gasteiger partial charge >= 0.3 is 0 Å². The predicted octanol–water partition coefficient (Wildman–Crippen LogP) is 1.08. The lowest BCUT2D eigenvalue weighted by Gasteiger charge is -2.48. The van der Waals surface area contributed by atoms with Crippen molar-refractivity contribution in [3.8, 4) is 0 Å². The lowest BCUT2D eigenvalue weighted by molar-refractivity contribution is -0.142. The van der Waals surface area contributed by atoms with E-state index in [1.54, 1.807) is 27.7 Å². The Morgan fingerprint density at radius 3 is 2.37 bits per heavy atom. The molecular weight excluding hydrogens is 290 g/mol. The zero-order valence-corrected chi connectivity index (χ0v) is 12.8. The normalized spacial score (nSPS) is 29.9. The second kappa shape index (κ2) is 4.06. The minimum absolute atomic E-state index is 0.203. The smallest absolute Gasteiger partial charge is 0.249 e. The summed E-state index contributed by atoms with van der Waals surface area (Å²) in [5.74, 6) is -0.967. The lowest BCUT2D eigenvalue weighted by atomic mass is 9.86. The number of allylic oxidation sites excluding steroid dienone is 1. The first kappa shape index (κ1) is 14.5. The lowest BCUT2D eigenvalue weighted by Crippen LogP contribution is -2.68. The number of nitrogens with zero attached hydrogens (tertiary/aromatic N) is 1. The summed E-state index contributed by atoms with van der Waals surface area (Å²) in [5.41, 5.74) is -0.0674. The number of carbonyl (C=O) groups is 2. The van der Waals surface area contributed by atoms with Crippen LogP contribution in [0.5, 0.6) is 0 Å². The highest BCUT2D eigenvalue weighted by Gasteiger charge is 2.59. The van der Waals surface area contributed by atoms with Crippen molar-refractivity contribution in [2.24, 2.45) is 5.41 Å². The molecule has 2 heterocycles. The molecule has 0 aromatic rings. The summed E-state index contributed by atoms with van der Waals surface area (Å²) in [7, 11) is -3.50. The van der Waals surface area contributed by atoms with E-state index in [-0.39, 0.29) is 17.2 Å². The van der Waals surface area contributed by atoms with Crippen LogP contribution in [0.2, 0.25) is 0 Å². The number of ketones is 1. The van der Waals surface area contributed by atoms with Crippen molar-refractivity contribution in [1.82, 2.24) is 4.90 Å². The molecule has 0 unspecified atom stereocenters. The SMILES string of the molecule is CC1=C(C(=O)C(C)(C)C)N2C(=O)[C@H](Cl)[C@H]2S(=O)(=O)C1. The third-order valence-corrected chi connectivity index (χ3v) is 5.93. The summed E-state index contributed by atoms with van der Waals surface area (Å²) in [6.45, 7) is 6.77. The molecule has 2 atom stereocenters. The number of alkyl halides is 1. The van der Waals surface area contributed by atoms with E-state index in [0.29, 0.717) is 5.57 Å². The van der Waals surface area contributed by atoms with Crippen LogP contribution in [-0.2, 0) is 19.4 Å². The van der Waals surface area contributed by atoms with Gasteiger partial charge in [-0.15, -0.1) is 11.6 Å². The maximum atomic E-state index is 12.4. The van der Waals surface area contributed by atoms with Gasteiger partial charge in [0.25, 0.3) is 0 Å². The number of sulfone groups is 1. The Morgan fingerprint density at radius 1 is 1.37 bits per heavy atom. The summed E-state index contributed by atoms with van der Waals surface area (Å²) in [4.78, 5) is 25.3. The maximum Gasteiger partial charge on any atom is 0.249 e. The van der Waals surface area contributed by atoms with Crippen LogP contribution in [0, 0.1) is 5.41 Å². The largest absolute Gasteiger partial charge is 0.292 e. The Balaban J connectivity index is 2.55. The zero-order valence-electron chi connectivity index (χ0n) is 11.2. The highest BCUT2D eigenvalue weighted by Crippen LogP contribution is 2.41. The molecule has 0 radical (unpaired) electrons. The van der Waals surface area contributed by atoms with E-state index in [0.717, 1.165) is 4.90 Å². The summed E-state index contributed by atoms with van der Waals surface area (Å²) in [5, 5.41) is -2.17. The number of fused-ring (bicyclic) bond motifs is 1. The van der Waals surface area contributed by atoms with Gasteiger partial charge in [0.2, 0.25) is 5.91 Å². The van der Waals surface area contributed by atoms with Gasteiger partial charge in [-0.3, -0.25) is 14.5 Å².